The van der Waals surface area contributed by atoms with Crippen LogP contribution in [0.15, 0.2) is 12.2 Å². The van der Waals surface area contributed by atoms with E-state index in [2.05, 4.69) is 34.3 Å². The van der Waals surface area contributed by atoms with E-state index in [-0.39, 0.29) is 0 Å². The number of allylic oxidation sites excluding steroid dienone is 1. The van der Waals surface area contributed by atoms with Crippen molar-refractivity contribution in [2.24, 2.45) is 11.8 Å². The normalized spacial score (nSPS) is 15.7. The molecule has 2 unspecified atom stereocenters. The molecule has 0 rings (SSSR count). The summed E-state index contributed by atoms with van der Waals surface area (Å²) >= 11 is 0. The lowest BCUT2D eigenvalue weighted by Crippen LogP contribution is -2.09. The molecule has 0 aliphatic carbocycles. The van der Waals surface area contributed by atoms with Gasteiger partial charge in [-0.15, -0.1) is 6.58 Å². The Labute approximate surface area is 78.1 Å². The summed E-state index contributed by atoms with van der Waals surface area (Å²) in [6.45, 7) is 13.0. The molecule has 0 N–H and O–H groups in total. The molecule has 0 aliphatic rings. The summed E-state index contributed by atoms with van der Waals surface area (Å²) < 4.78 is 0. The zero-order chi connectivity index (χ0) is 9.56. The lowest BCUT2D eigenvalue weighted by Gasteiger charge is -2.21. The van der Waals surface area contributed by atoms with Crippen LogP contribution in [0.1, 0.15) is 53.4 Å². The highest BCUT2D eigenvalue weighted by Gasteiger charge is 2.12. The average molecular weight is 168 g/mol. The van der Waals surface area contributed by atoms with E-state index in [1.165, 1.54) is 31.3 Å². The Bertz CT molecular complexity index is 124. The number of rotatable bonds is 6. The van der Waals surface area contributed by atoms with Crippen molar-refractivity contribution >= 4 is 0 Å². The predicted molar refractivity (Wildman–Crippen MR) is 57.3 cm³/mol. The van der Waals surface area contributed by atoms with E-state index < -0.39 is 0 Å². The van der Waals surface area contributed by atoms with E-state index in [0.29, 0.717) is 0 Å². The van der Waals surface area contributed by atoms with Gasteiger partial charge < -0.3 is 0 Å². The molecule has 0 fully saturated rings. The molecule has 0 saturated carbocycles. The van der Waals surface area contributed by atoms with E-state index in [4.69, 9.17) is 0 Å². The van der Waals surface area contributed by atoms with Crippen molar-refractivity contribution in [2.75, 3.05) is 0 Å². The fourth-order valence-electron chi connectivity index (χ4n) is 1.66. The molecule has 0 bridgehead atoms. The standard InChI is InChI=1S/C12H24/c1-6-11(5)12(7-2)9-8-10(3)4/h11-12H,3,6-9H2,1-2,4-5H3. The fraction of sp³-hybridized carbons (Fsp3) is 0.833. The monoisotopic (exact) mass is 168 g/mol. The largest absolute Gasteiger partial charge is 0.100 e. The third kappa shape index (κ3) is 4.58. The minimum absolute atomic E-state index is 0.884. The average Bonchev–Trinajstić information content (AvgIpc) is 2.04. The van der Waals surface area contributed by atoms with Crippen LogP contribution in [0.2, 0.25) is 0 Å². The van der Waals surface area contributed by atoms with Crippen molar-refractivity contribution in [3.63, 3.8) is 0 Å². The fourth-order valence-corrected chi connectivity index (χ4v) is 1.66. The summed E-state index contributed by atoms with van der Waals surface area (Å²) in [6, 6.07) is 0. The molecule has 0 radical (unpaired) electrons. The molecular weight excluding hydrogens is 144 g/mol. The Hall–Kier alpha value is -0.260. The van der Waals surface area contributed by atoms with Gasteiger partial charge in [-0.1, -0.05) is 39.2 Å². The van der Waals surface area contributed by atoms with Gasteiger partial charge in [0.1, 0.15) is 0 Å². The van der Waals surface area contributed by atoms with Crippen molar-refractivity contribution in [3.8, 4) is 0 Å². The smallest absolute Gasteiger partial charge is 0.0323 e. The Kier molecular flexibility index (Phi) is 6.14. The summed E-state index contributed by atoms with van der Waals surface area (Å²) in [5.41, 5.74) is 1.33. The van der Waals surface area contributed by atoms with Crippen molar-refractivity contribution in [2.45, 2.75) is 53.4 Å². The van der Waals surface area contributed by atoms with Gasteiger partial charge in [0.15, 0.2) is 0 Å². The minimum Gasteiger partial charge on any atom is -0.100 e. The second-order valence-corrected chi connectivity index (χ2v) is 4.05. The van der Waals surface area contributed by atoms with E-state index >= 15 is 0 Å². The van der Waals surface area contributed by atoms with Crippen molar-refractivity contribution in [1.29, 1.82) is 0 Å². The summed E-state index contributed by atoms with van der Waals surface area (Å²) in [6.07, 6.45) is 5.18. The molecule has 72 valence electrons. The van der Waals surface area contributed by atoms with Gasteiger partial charge >= 0.3 is 0 Å². The van der Waals surface area contributed by atoms with Gasteiger partial charge in [0, 0.05) is 0 Å². The maximum Gasteiger partial charge on any atom is -0.0323 e. The van der Waals surface area contributed by atoms with Crippen LogP contribution in [-0.2, 0) is 0 Å². The van der Waals surface area contributed by atoms with Gasteiger partial charge in [-0.25, -0.2) is 0 Å². The molecule has 0 amide bonds. The first kappa shape index (κ1) is 11.7. The SMILES string of the molecule is C=C(C)CCC(CC)C(C)CC. The molecule has 0 aliphatic heterocycles. The Morgan fingerprint density at radius 3 is 2.17 bits per heavy atom. The Balaban J connectivity index is 3.74. The Morgan fingerprint density at radius 2 is 1.83 bits per heavy atom. The lowest BCUT2D eigenvalue weighted by molar-refractivity contribution is 0.318. The quantitative estimate of drug-likeness (QED) is 0.515. The van der Waals surface area contributed by atoms with E-state index in [9.17, 15) is 0 Å². The van der Waals surface area contributed by atoms with Crippen LogP contribution in [0.5, 0.6) is 0 Å². The molecule has 0 aromatic heterocycles. The van der Waals surface area contributed by atoms with Gasteiger partial charge in [0.25, 0.3) is 0 Å². The molecule has 0 aromatic carbocycles. The van der Waals surface area contributed by atoms with Crippen LogP contribution in [0.4, 0.5) is 0 Å². The molecule has 0 heterocycles. The molecule has 0 heteroatoms. The van der Waals surface area contributed by atoms with E-state index in [1.54, 1.807) is 0 Å². The van der Waals surface area contributed by atoms with Gasteiger partial charge in [-0.05, 0) is 31.6 Å². The van der Waals surface area contributed by atoms with Crippen molar-refractivity contribution in [1.82, 2.24) is 0 Å². The third-order valence-corrected chi connectivity index (χ3v) is 2.91. The molecule has 0 saturated heterocycles. The summed E-state index contributed by atoms with van der Waals surface area (Å²) in [4.78, 5) is 0. The van der Waals surface area contributed by atoms with Crippen LogP contribution in [-0.4, -0.2) is 0 Å². The first-order valence-electron chi connectivity index (χ1n) is 5.26. The highest BCUT2D eigenvalue weighted by Crippen LogP contribution is 2.24. The van der Waals surface area contributed by atoms with E-state index in [1.807, 2.05) is 0 Å². The Morgan fingerprint density at radius 1 is 1.25 bits per heavy atom. The maximum absolute atomic E-state index is 3.95. The molecular formula is C12H24. The third-order valence-electron chi connectivity index (χ3n) is 2.91. The van der Waals surface area contributed by atoms with Crippen molar-refractivity contribution in [3.05, 3.63) is 12.2 Å². The molecule has 0 aromatic rings. The van der Waals surface area contributed by atoms with Gasteiger partial charge in [-0.2, -0.15) is 0 Å². The van der Waals surface area contributed by atoms with Crippen LogP contribution < -0.4 is 0 Å². The van der Waals surface area contributed by atoms with Crippen molar-refractivity contribution < 1.29 is 0 Å². The van der Waals surface area contributed by atoms with Crippen LogP contribution in [0.25, 0.3) is 0 Å². The second-order valence-electron chi connectivity index (χ2n) is 4.05. The van der Waals surface area contributed by atoms with Gasteiger partial charge in [0.2, 0.25) is 0 Å². The minimum atomic E-state index is 0.884. The number of hydrogen-bond donors (Lipinski definition) is 0. The highest BCUT2D eigenvalue weighted by atomic mass is 14.2. The number of hydrogen-bond acceptors (Lipinski definition) is 0. The highest BCUT2D eigenvalue weighted by molar-refractivity contribution is 4.88. The van der Waals surface area contributed by atoms with E-state index in [0.717, 1.165) is 11.8 Å². The second kappa shape index (κ2) is 6.28. The van der Waals surface area contributed by atoms with Gasteiger partial charge in [-0.3, -0.25) is 0 Å². The summed E-state index contributed by atoms with van der Waals surface area (Å²) in [5, 5.41) is 0. The van der Waals surface area contributed by atoms with Gasteiger partial charge in [0.05, 0.1) is 0 Å². The van der Waals surface area contributed by atoms with Crippen LogP contribution >= 0.6 is 0 Å². The topological polar surface area (TPSA) is 0 Å². The zero-order valence-corrected chi connectivity index (χ0v) is 9.19. The van der Waals surface area contributed by atoms with Crippen LogP contribution in [0, 0.1) is 11.8 Å². The lowest BCUT2D eigenvalue weighted by atomic mass is 9.85. The van der Waals surface area contributed by atoms with Crippen LogP contribution in [0.3, 0.4) is 0 Å². The zero-order valence-electron chi connectivity index (χ0n) is 9.19. The molecule has 2 atom stereocenters. The molecule has 0 spiro atoms. The first-order valence-corrected chi connectivity index (χ1v) is 5.26. The first-order chi connectivity index (χ1) is 5.61. The predicted octanol–water partition coefficient (Wildman–Crippen LogP) is 4.42. The summed E-state index contributed by atoms with van der Waals surface area (Å²) in [7, 11) is 0. The molecule has 12 heavy (non-hydrogen) atoms. The summed E-state index contributed by atoms with van der Waals surface area (Å²) in [5.74, 6) is 1.79. The molecule has 0 nitrogen and oxygen atoms in total. The maximum atomic E-state index is 3.95.